The fourth-order valence-electron chi connectivity index (χ4n) is 2.96. The molecule has 3 heteroatoms. The molecule has 1 aliphatic carbocycles. The fourth-order valence-corrected chi connectivity index (χ4v) is 2.96. The third-order valence-electron chi connectivity index (χ3n) is 4.44. The predicted molar refractivity (Wildman–Crippen MR) is 69.7 cm³/mol. The minimum absolute atomic E-state index is 0.268. The van der Waals surface area contributed by atoms with E-state index in [0.29, 0.717) is 24.3 Å². The number of hydrogen-bond donors (Lipinski definition) is 2. The van der Waals surface area contributed by atoms with Crippen LogP contribution in [-0.2, 0) is 4.79 Å². The highest BCUT2D eigenvalue weighted by Gasteiger charge is 2.36. The standard InChI is InChI=1S/C14H26N2O/c1-3-11-8-13(11)16-14(17)7-10(2)12-5-4-6-15-9-12/h10-13,15H,3-9H2,1-2H3,(H,16,17). The molecule has 0 bridgehead atoms. The van der Waals surface area contributed by atoms with Crippen LogP contribution in [0.25, 0.3) is 0 Å². The van der Waals surface area contributed by atoms with Gasteiger partial charge in [-0.1, -0.05) is 20.3 Å². The predicted octanol–water partition coefficient (Wildman–Crippen LogP) is 1.93. The molecular formula is C14H26N2O. The molecule has 98 valence electrons. The minimum atomic E-state index is 0.268. The largest absolute Gasteiger partial charge is 0.353 e. The van der Waals surface area contributed by atoms with Crippen LogP contribution in [0.15, 0.2) is 0 Å². The number of hydrogen-bond acceptors (Lipinski definition) is 2. The van der Waals surface area contributed by atoms with E-state index in [1.54, 1.807) is 0 Å². The monoisotopic (exact) mass is 238 g/mol. The van der Waals surface area contributed by atoms with Crippen molar-refractivity contribution in [2.75, 3.05) is 13.1 Å². The molecule has 3 nitrogen and oxygen atoms in total. The molecule has 0 aromatic heterocycles. The molecule has 2 rings (SSSR count). The van der Waals surface area contributed by atoms with Crippen LogP contribution in [-0.4, -0.2) is 25.0 Å². The lowest BCUT2D eigenvalue weighted by molar-refractivity contribution is -0.122. The zero-order valence-electron chi connectivity index (χ0n) is 11.2. The van der Waals surface area contributed by atoms with E-state index in [0.717, 1.165) is 19.0 Å². The SMILES string of the molecule is CCC1CC1NC(=O)CC(C)C1CCCNC1. The third-order valence-corrected chi connectivity index (χ3v) is 4.44. The molecule has 2 fully saturated rings. The van der Waals surface area contributed by atoms with Crippen molar-refractivity contribution in [1.82, 2.24) is 10.6 Å². The maximum Gasteiger partial charge on any atom is 0.220 e. The second-order valence-corrected chi connectivity index (χ2v) is 5.87. The summed E-state index contributed by atoms with van der Waals surface area (Å²) in [6.45, 7) is 6.67. The molecule has 2 N–H and O–H groups in total. The average Bonchev–Trinajstić information content (AvgIpc) is 3.08. The Bertz CT molecular complexity index is 261. The van der Waals surface area contributed by atoms with Gasteiger partial charge in [-0.25, -0.2) is 0 Å². The lowest BCUT2D eigenvalue weighted by atomic mass is 9.85. The van der Waals surface area contributed by atoms with Crippen LogP contribution in [0, 0.1) is 17.8 Å². The summed E-state index contributed by atoms with van der Waals surface area (Å²) in [6, 6.07) is 0.490. The summed E-state index contributed by atoms with van der Waals surface area (Å²) in [5.41, 5.74) is 0. The number of rotatable bonds is 5. The smallest absolute Gasteiger partial charge is 0.220 e. The molecule has 1 amide bonds. The molecule has 2 aliphatic rings. The van der Waals surface area contributed by atoms with Crippen LogP contribution in [0.4, 0.5) is 0 Å². The Morgan fingerprint density at radius 3 is 2.94 bits per heavy atom. The van der Waals surface area contributed by atoms with Crippen LogP contribution in [0.5, 0.6) is 0 Å². The van der Waals surface area contributed by atoms with E-state index in [-0.39, 0.29) is 5.91 Å². The van der Waals surface area contributed by atoms with Crippen molar-refractivity contribution in [2.45, 2.75) is 52.0 Å². The fraction of sp³-hybridized carbons (Fsp3) is 0.929. The number of piperidine rings is 1. The van der Waals surface area contributed by atoms with Gasteiger partial charge in [-0.05, 0) is 50.1 Å². The Morgan fingerprint density at radius 1 is 1.53 bits per heavy atom. The Morgan fingerprint density at radius 2 is 2.35 bits per heavy atom. The highest BCUT2D eigenvalue weighted by Crippen LogP contribution is 2.33. The van der Waals surface area contributed by atoms with Crippen LogP contribution in [0.1, 0.15) is 46.0 Å². The quantitative estimate of drug-likeness (QED) is 0.768. The first-order valence-corrected chi connectivity index (χ1v) is 7.20. The maximum atomic E-state index is 11.9. The first-order chi connectivity index (χ1) is 8.20. The van der Waals surface area contributed by atoms with Crippen LogP contribution < -0.4 is 10.6 Å². The summed E-state index contributed by atoms with van der Waals surface area (Å²) < 4.78 is 0. The van der Waals surface area contributed by atoms with E-state index in [2.05, 4.69) is 24.5 Å². The molecule has 0 aromatic carbocycles. The van der Waals surface area contributed by atoms with Gasteiger partial charge in [0, 0.05) is 12.5 Å². The van der Waals surface area contributed by atoms with Gasteiger partial charge in [0.25, 0.3) is 0 Å². The van der Waals surface area contributed by atoms with Gasteiger partial charge in [-0.15, -0.1) is 0 Å². The van der Waals surface area contributed by atoms with Crippen molar-refractivity contribution in [3.63, 3.8) is 0 Å². The molecule has 4 unspecified atom stereocenters. The van der Waals surface area contributed by atoms with Crippen LogP contribution >= 0.6 is 0 Å². The van der Waals surface area contributed by atoms with Crippen LogP contribution in [0.3, 0.4) is 0 Å². The maximum absolute atomic E-state index is 11.9. The Hall–Kier alpha value is -0.570. The van der Waals surface area contributed by atoms with E-state index in [4.69, 9.17) is 0 Å². The highest BCUT2D eigenvalue weighted by molar-refractivity contribution is 5.76. The number of nitrogens with one attached hydrogen (secondary N) is 2. The van der Waals surface area contributed by atoms with Gasteiger partial charge in [-0.2, -0.15) is 0 Å². The van der Waals surface area contributed by atoms with Crippen molar-refractivity contribution in [3.8, 4) is 0 Å². The Kier molecular flexibility index (Phi) is 4.43. The number of carbonyl (C=O) groups is 1. The lowest BCUT2D eigenvalue weighted by Gasteiger charge is -2.28. The summed E-state index contributed by atoms with van der Waals surface area (Å²) in [6.07, 6.45) is 5.65. The zero-order chi connectivity index (χ0) is 12.3. The summed E-state index contributed by atoms with van der Waals surface area (Å²) in [5.74, 6) is 2.23. The summed E-state index contributed by atoms with van der Waals surface area (Å²) in [4.78, 5) is 11.9. The molecular weight excluding hydrogens is 212 g/mol. The molecule has 1 aliphatic heterocycles. The van der Waals surface area contributed by atoms with Crippen molar-refractivity contribution in [3.05, 3.63) is 0 Å². The van der Waals surface area contributed by atoms with Crippen molar-refractivity contribution in [2.24, 2.45) is 17.8 Å². The normalized spacial score (nSPS) is 34.1. The third kappa shape index (κ3) is 3.70. The van der Waals surface area contributed by atoms with Crippen molar-refractivity contribution in [1.29, 1.82) is 0 Å². The average molecular weight is 238 g/mol. The second kappa shape index (κ2) is 5.85. The Labute approximate surface area is 105 Å². The summed E-state index contributed by atoms with van der Waals surface area (Å²) in [7, 11) is 0. The van der Waals surface area contributed by atoms with E-state index < -0.39 is 0 Å². The van der Waals surface area contributed by atoms with Gasteiger partial charge in [0.1, 0.15) is 0 Å². The van der Waals surface area contributed by atoms with Gasteiger partial charge < -0.3 is 10.6 Å². The zero-order valence-corrected chi connectivity index (χ0v) is 11.2. The molecule has 1 saturated heterocycles. The van der Waals surface area contributed by atoms with Gasteiger partial charge in [0.15, 0.2) is 0 Å². The van der Waals surface area contributed by atoms with Gasteiger partial charge in [0.05, 0.1) is 0 Å². The van der Waals surface area contributed by atoms with E-state index in [9.17, 15) is 4.79 Å². The summed E-state index contributed by atoms with van der Waals surface area (Å²) in [5, 5.41) is 6.59. The van der Waals surface area contributed by atoms with Gasteiger partial charge in [-0.3, -0.25) is 4.79 Å². The van der Waals surface area contributed by atoms with Gasteiger partial charge in [0.2, 0.25) is 5.91 Å². The first kappa shape index (κ1) is 12.9. The molecule has 0 spiro atoms. The molecule has 1 heterocycles. The molecule has 0 radical (unpaired) electrons. The lowest BCUT2D eigenvalue weighted by Crippen LogP contribution is -2.36. The highest BCUT2D eigenvalue weighted by atomic mass is 16.1. The van der Waals surface area contributed by atoms with E-state index in [1.807, 2.05) is 0 Å². The Balaban J connectivity index is 1.67. The first-order valence-electron chi connectivity index (χ1n) is 7.20. The molecule has 4 atom stereocenters. The van der Waals surface area contributed by atoms with Crippen molar-refractivity contribution < 1.29 is 4.79 Å². The minimum Gasteiger partial charge on any atom is -0.353 e. The molecule has 17 heavy (non-hydrogen) atoms. The van der Waals surface area contributed by atoms with Crippen molar-refractivity contribution >= 4 is 5.91 Å². The number of carbonyl (C=O) groups excluding carboxylic acids is 1. The number of amides is 1. The van der Waals surface area contributed by atoms with E-state index in [1.165, 1.54) is 25.7 Å². The van der Waals surface area contributed by atoms with Crippen LogP contribution in [0.2, 0.25) is 0 Å². The topological polar surface area (TPSA) is 41.1 Å². The second-order valence-electron chi connectivity index (χ2n) is 5.87. The molecule has 1 saturated carbocycles. The molecule has 0 aromatic rings. The summed E-state index contributed by atoms with van der Waals surface area (Å²) >= 11 is 0. The van der Waals surface area contributed by atoms with E-state index >= 15 is 0 Å². The van der Waals surface area contributed by atoms with Gasteiger partial charge >= 0.3 is 0 Å².